The summed E-state index contributed by atoms with van der Waals surface area (Å²) in [5, 5.41) is 11.3. The van der Waals surface area contributed by atoms with Crippen molar-refractivity contribution in [3.63, 3.8) is 0 Å². The molecular weight excluding hydrogens is 194 g/mol. The van der Waals surface area contributed by atoms with Crippen molar-refractivity contribution in [2.45, 2.75) is 26.7 Å². The average molecular weight is 213 g/mol. The minimum atomic E-state index is -0.825. The highest BCUT2D eigenvalue weighted by atomic mass is 16.4. The van der Waals surface area contributed by atoms with E-state index in [1.807, 2.05) is 13.8 Å². The number of amides is 1. The Morgan fingerprint density at radius 1 is 1.47 bits per heavy atom. The lowest BCUT2D eigenvalue weighted by Gasteiger charge is -2.17. The maximum absolute atomic E-state index is 10.9. The number of aliphatic carboxylic acids is 1. The molecule has 4 heteroatoms. The Bertz CT molecular complexity index is 236. The van der Waals surface area contributed by atoms with Crippen molar-refractivity contribution in [1.29, 1.82) is 0 Å². The van der Waals surface area contributed by atoms with Gasteiger partial charge in [-0.1, -0.05) is 20.4 Å². The van der Waals surface area contributed by atoms with Crippen molar-refractivity contribution >= 4 is 11.9 Å². The second kappa shape index (κ2) is 7.04. The fourth-order valence-corrected chi connectivity index (χ4v) is 1.47. The highest BCUT2D eigenvalue weighted by molar-refractivity contribution is 5.86. The molecule has 0 radical (unpaired) electrons. The maximum Gasteiger partial charge on any atom is 0.303 e. The van der Waals surface area contributed by atoms with E-state index in [9.17, 15) is 9.59 Å². The van der Waals surface area contributed by atoms with Crippen LogP contribution in [0.4, 0.5) is 0 Å². The monoisotopic (exact) mass is 213 g/mol. The van der Waals surface area contributed by atoms with E-state index in [1.54, 1.807) is 0 Å². The van der Waals surface area contributed by atoms with Crippen LogP contribution in [0.2, 0.25) is 0 Å². The topological polar surface area (TPSA) is 66.4 Å². The van der Waals surface area contributed by atoms with Gasteiger partial charge in [-0.2, -0.15) is 0 Å². The van der Waals surface area contributed by atoms with E-state index >= 15 is 0 Å². The minimum absolute atomic E-state index is 0.00796. The Morgan fingerprint density at radius 3 is 2.47 bits per heavy atom. The van der Waals surface area contributed by atoms with Crippen molar-refractivity contribution in [2.75, 3.05) is 6.54 Å². The molecule has 1 amide bonds. The molecule has 0 spiro atoms. The summed E-state index contributed by atoms with van der Waals surface area (Å²) in [5.74, 6) is -0.663. The fourth-order valence-electron chi connectivity index (χ4n) is 1.47. The van der Waals surface area contributed by atoms with E-state index < -0.39 is 5.97 Å². The Hall–Kier alpha value is -1.32. The highest BCUT2D eigenvalue weighted by Crippen LogP contribution is 2.14. The molecule has 1 unspecified atom stereocenters. The molecule has 0 aromatic carbocycles. The lowest BCUT2D eigenvalue weighted by molar-refractivity contribution is -0.138. The van der Waals surface area contributed by atoms with Gasteiger partial charge >= 0.3 is 5.97 Å². The van der Waals surface area contributed by atoms with Gasteiger partial charge in [0, 0.05) is 13.0 Å². The molecule has 0 aliphatic rings. The smallest absolute Gasteiger partial charge is 0.303 e. The van der Waals surface area contributed by atoms with Gasteiger partial charge in [0.1, 0.15) is 0 Å². The number of carboxylic acid groups (broad SMARTS) is 1. The van der Waals surface area contributed by atoms with E-state index in [4.69, 9.17) is 5.11 Å². The van der Waals surface area contributed by atoms with Crippen molar-refractivity contribution in [1.82, 2.24) is 5.32 Å². The second-order valence-corrected chi connectivity index (χ2v) is 4.04. The second-order valence-electron chi connectivity index (χ2n) is 4.04. The lowest BCUT2D eigenvalue weighted by Crippen LogP contribution is -2.29. The van der Waals surface area contributed by atoms with Crippen LogP contribution >= 0.6 is 0 Å². The van der Waals surface area contributed by atoms with Gasteiger partial charge in [0.05, 0.1) is 0 Å². The van der Waals surface area contributed by atoms with E-state index in [1.165, 1.54) is 6.08 Å². The fraction of sp³-hybridized carbons (Fsp3) is 0.636. The Labute approximate surface area is 90.4 Å². The zero-order valence-electron chi connectivity index (χ0n) is 9.32. The first kappa shape index (κ1) is 13.7. The number of hydrogen-bond donors (Lipinski definition) is 2. The number of carbonyl (C=O) groups excluding carboxylic acids is 1. The van der Waals surface area contributed by atoms with Crippen LogP contribution in [0.15, 0.2) is 12.7 Å². The standard InChI is InChI=1S/C11H19NO3/c1-4-10(13)12-7-9(5-8(2)3)6-11(14)15/h4,8-9H,1,5-7H2,2-3H3,(H,12,13)(H,14,15). The van der Waals surface area contributed by atoms with Crippen LogP contribution in [-0.2, 0) is 9.59 Å². The Morgan fingerprint density at radius 2 is 2.07 bits per heavy atom. The molecule has 15 heavy (non-hydrogen) atoms. The summed E-state index contributed by atoms with van der Waals surface area (Å²) in [6.45, 7) is 7.79. The van der Waals surface area contributed by atoms with E-state index in [0.717, 1.165) is 6.42 Å². The molecule has 0 rings (SSSR count). The molecule has 1 atom stereocenters. The summed E-state index contributed by atoms with van der Waals surface area (Å²) in [6, 6.07) is 0. The van der Waals surface area contributed by atoms with Crippen LogP contribution in [0.25, 0.3) is 0 Å². The van der Waals surface area contributed by atoms with Gasteiger partial charge in [-0.05, 0) is 24.3 Å². The first-order valence-electron chi connectivity index (χ1n) is 5.07. The number of hydrogen-bond acceptors (Lipinski definition) is 2. The number of nitrogens with one attached hydrogen (secondary N) is 1. The van der Waals surface area contributed by atoms with Gasteiger partial charge in [0.2, 0.25) is 5.91 Å². The summed E-state index contributed by atoms with van der Waals surface area (Å²) < 4.78 is 0. The maximum atomic E-state index is 10.9. The molecule has 0 aliphatic carbocycles. The third-order valence-electron chi connectivity index (χ3n) is 2.02. The van der Waals surface area contributed by atoms with Crippen LogP contribution in [0.1, 0.15) is 26.7 Å². The highest BCUT2D eigenvalue weighted by Gasteiger charge is 2.15. The van der Waals surface area contributed by atoms with Crippen LogP contribution in [0.3, 0.4) is 0 Å². The van der Waals surface area contributed by atoms with Gasteiger partial charge in [-0.3, -0.25) is 9.59 Å². The molecule has 0 aromatic rings. The summed E-state index contributed by atoms with van der Waals surface area (Å²) >= 11 is 0. The average Bonchev–Trinajstić information content (AvgIpc) is 2.11. The van der Waals surface area contributed by atoms with Gasteiger partial charge in [0.25, 0.3) is 0 Å². The van der Waals surface area contributed by atoms with E-state index in [0.29, 0.717) is 12.5 Å². The van der Waals surface area contributed by atoms with E-state index in [2.05, 4.69) is 11.9 Å². The zero-order chi connectivity index (χ0) is 11.8. The van der Waals surface area contributed by atoms with Gasteiger partial charge in [-0.15, -0.1) is 0 Å². The third kappa shape index (κ3) is 7.73. The predicted octanol–water partition coefficient (Wildman–Crippen LogP) is 1.43. The zero-order valence-corrected chi connectivity index (χ0v) is 9.32. The molecule has 0 bridgehead atoms. The number of rotatable bonds is 7. The molecule has 0 fully saturated rings. The quantitative estimate of drug-likeness (QED) is 0.629. The molecule has 4 nitrogen and oxygen atoms in total. The molecule has 86 valence electrons. The van der Waals surface area contributed by atoms with Crippen LogP contribution in [0.5, 0.6) is 0 Å². The molecule has 0 heterocycles. The van der Waals surface area contributed by atoms with Crippen molar-refractivity contribution in [3.8, 4) is 0 Å². The lowest BCUT2D eigenvalue weighted by atomic mass is 9.94. The van der Waals surface area contributed by atoms with Crippen molar-refractivity contribution in [2.24, 2.45) is 11.8 Å². The van der Waals surface area contributed by atoms with Crippen molar-refractivity contribution in [3.05, 3.63) is 12.7 Å². The van der Waals surface area contributed by atoms with Crippen molar-refractivity contribution < 1.29 is 14.7 Å². The SMILES string of the molecule is C=CC(=O)NCC(CC(=O)O)CC(C)C. The van der Waals surface area contributed by atoms with E-state index in [-0.39, 0.29) is 18.2 Å². The summed E-state index contributed by atoms with van der Waals surface area (Å²) in [4.78, 5) is 21.5. The summed E-state index contributed by atoms with van der Waals surface area (Å²) in [6.07, 6.45) is 2.08. The molecule has 2 N–H and O–H groups in total. The predicted molar refractivity (Wildman–Crippen MR) is 58.4 cm³/mol. The molecule has 0 saturated heterocycles. The van der Waals surface area contributed by atoms with Gasteiger partial charge < -0.3 is 10.4 Å². The third-order valence-corrected chi connectivity index (χ3v) is 2.02. The van der Waals surface area contributed by atoms with Crippen LogP contribution in [0, 0.1) is 11.8 Å². The summed E-state index contributed by atoms with van der Waals surface area (Å²) in [7, 11) is 0. The Kier molecular flexibility index (Phi) is 6.42. The first-order valence-corrected chi connectivity index (χ1v) is 5.07. The summed E-state index contributed by atoms with van der Waals surface area (Å²) in [5.41, 5.74) is 0. The molecule has 0 saturated carbocycles. The number of carboxylic acids is 1. The normalized spacial score (nSPS) is 12.2. The van der Waals surface area contributed by atoms with Crippen LogP contribution < -0.4 is 5.32 Å². The molecular formula is C11H19NO3. The Balaban J connectivity index is 4.05. The molecule has 0 aliphatic heterocycles. The first-order chi connectivity index (χ1) is 6.95. The van der Waals surface area contributed by atoms with Gasteiger partial charge in [0.15, 0.2) is 0 Å². The number of carbonyl (C=O) groups is 2. The molecule has 0 aromatic heterocycles. The van der Waals surface area contributed by atoms with Gasteiger partial charge in [-0.25, -0.2) is 0 Å². The minimum Gasteiger partial charge on any atom is -0.481 e. The largest absolute Gasteiger partial charge is 0.481 e. The van der Waals surface area contributed by atoms with Crippen LogP contribution in [-0.4, -0.2) is 23.5 Å².